The van der Waals surface area contributed by atoms with Gasteiger partial charge in [-0.15, -0.1) is 0 Å². The number of carbonyl (C=O) groups excluding carboxylic acids is 1. The molecule has 4 heteroatoms. The van der Waals surface area contributed by atoms with Crippen LogP contribution in [0.1, 0.15) is 45.2 Å². The first kappa shape index (κ1) is 15.8. The first-order valence-corrected chi connectivity index (χ1v) is 8.25. The van der Waals surface area contributed by atoms with Gasteiger partial charge in [-0.3, -0.25) is 4.98 Å². The van der Waals surface area contributed by atoms with Gasteiger partial charge in [0, 0.05) is 36.3 Å². The number of nitrogens with zero attached hydrogens (tertiary/aromatic N) is 2. The average Bonchev–Trinajstić information content (AvgIpc) is 2.53. The van der Waals surface area contributed by atoms with Crippen LogP contribution in [0.15, 0.2) is 36.5 Å². The second kappa shape index (κ2) is 6.19. The lowest BCUT2D eigenvalue weighted by molar-refractivity contribution is 0.0204. The fourth-order valence-electron chi connectivity index (χ4n) is 3.01. The number of piperidine rings is 1. The lowest BCUT2D eigenvalue weighted by Gasteiger charge is -2.33. The molecule has 122 valence electrons. The van der Waals surface area contributed by atoms with Gasteiger partial charge < -0.3 is 9.64 Å². The van der Waals surface area contributed by atoms with Crippen molar-refractivity contribution in [2.75, 3.05) is 13.1 Å². The summed E-state index contributed by atoms with van der Waals surface area (Å²) < 4.78 is 5.45. The summed E-state index contributed by atoms with van der Waals surface area (Å²) in [6.45, 7) is 7.16. The van der Waals surface area contributed by atoms with Crippen molar-refractivity contribution >= 4 is 16.9 Å². The fourth-order valence-corrected chi connectivity index (χ4v) is 3.01. The van der Waals surface area contributed by atoms with Gasteiger partial charge in [0.05, 0.1) is 0 Å². The maximum absolute atomic E-state index is 12.1. The lowest BCUT2D eigenvalue weighted by atomic mass is 9.92. The van der Waals surface area contributed by atoms with Crippen LogP contribution in [-0.4, -0.2) is 34.7 Å². The SMILES string of the molecule is CC(C)(C)OC(=O)N1CCC(c2cc3ccccc3cn2)CC1. The molecule has 0 aliphatic carbocycles. The van der Waals surface area contributed by atoms with Crippen molar-refractivity contribution in [3.8, 4) is 0 Å². The van der Waals surface area contributed by atoms with Gasteiger partial charge in [-0.25, -0.2) is 4.79 Å². The highest BCUT2D eigenvalue weighted by molar-refractivity contribution is 5.81. The number of fused-ring (bicyclic) bond motifs is 1. The normalized spacial score (nSPS) is 16.6. The number of benzene rings is 1. The number of amides is 1. The second-order valence-electron chi connectivity index (χ2n) is 7.20. The Labute approximate surface area is 137 Å². The molecular weight excluding hydrogens is 288 g/mol. The van der Waals surface area contributed by atoms with Gasteiger partial charge in [-0.05, 0) is 45.1 Å². The molecule has 0 radical (unpaired) electrons. The fraction of sp³-hybridized carbons (Fsp3) is 0.474. The molecule has 0 bridgehead atoms. The maximum atomic E-state index is 12.1. The van der Waals surface area contributed by atoms with Crippen LogP contribution in [0.4, 0.5) is 4.79 Å². The molecule has 1 saturated heterocycles. The summed E-state index contributed by atoms with van der Waals surface area (Å²) in [5.41, 5.74) is 0.695. The maximum Gasteiger partial charge on any atom is 0.410 e. The standard InChI is InChI=1S/C19H24N2O2/c1-19(2,3)23-18(22)21-10-8-14(9-11-21)17-12-15-6-4-5-7-16(15)13-20-17/h4-7,12-14H,8-11H2,1-3H3. The Hall–Kier alpha value is -2.10. The molecule has 0 saturated carbocycles. The number of carbonyl (C=O) groups is 1. The topological polar surface area (TPSA) is 42.4 Å². The Balaban J connectivity index is 1.65. The van der Waals surface area contributed by atoms with Crippen molar-refractivity contribution in [3.05, 3.63) is 42.2 Å². The molecule has 3 rings (SSSR count). The number of hydrogen-bond donors (Lipinski definition) is 0. The zero-order valence-corrected chi connectivity index (χ0v) is 14.1. The van der Waals surface area contributed by atoms with Gasteiger partial charge in [-0.2, -0.15) is 0 Å². The zero-order valence-electron chi connectivity index (χ0n) is 14.1. The van der Waals surface area contributed by atoms with E-state index in [4.69, 9.17) is 4.74 Å². The smallest absolute Gasteiger partial charge is 0.410 e. The van der Waals surface area contributed by atoms with Crippen LogP contribution in [0.2, 0.25) is 0 Å². The van der Waals surface area contributed by atoms with Gasteiger partial charge in [0.1, 0.15) is 5.60 Å². The van der Waals surface area contributed by atoms with E-state index in [-0.39, 0.29) is 6.09 Å². The van der Waals surface area contributed by atoms with Crippen molar-refractivity contribution in [3.63, 3.8) is 0 Å². The first-order chi connectivity index (χ1) is 10.9. The van der Waals surface area contributed by atoms with Crippen LogP contribution in [0.25, 0.3) is 10.8 Å². The van der Waals surface area contributed by atoms with Crippen molar-refractivity contribution in [2.24, 2.45) is 0 Å². The predicted octanol–water partition coefficient (Wildman–Crippen LogP) is 4.35. The molecular formula is C19H24N2O2. The number of likely N-dealkylation sites (tertiary alicyclic amines) is 1. The van der Waals surface area contributed by atoms with Gasteiger partial charge in [0.2, 0.25) is 0 Å². The Morgan fingerprint density at radius 2 is 1.83 bits per heavy atom. The molecule has 23 heavy (non-hydrogen) atoms. The van der Waals surface area contributed by atoms with Gasteiger partial charge in [0.15, 0.2) is 0 Å². The van der Waals surface area contributed by atoms with Crippen LogP contribution in [0, 0.1) is 0 Å². The van der Waals surface area contributed by atoms with E-state index in [1.165, 1.54) is 10.8 Å². The summed E-state index contributed by atoms with van der Waals surface area (Å²) in [5.74, 6) is 0.415. The number of rotatable bonds is 1. The minimum Gasteiger partial charge on any atom is -0.444 e. The molecule has 1 amide bonds. The molecule has 1 aromatic carbocycles. The Morgan fingerprint density at radius 3 is 2.48 bits per heavy atom. The molecule has 1 aromatic heterocycles. The third kappa shape index (κ3) is 3.81. The predicted molar refractivity (Wildman–Crippen MR) is 91.5 cm³/mol. The third-order valence-corrected chi connectivity index (χ3v) is 4.22. The first-order valence-electron chi connectivity index (χ1n) is 8.25. The van der Waals surface area contributed by atoms with Crippen molar-refractivity contribution in [1.29, 1.82) is 0 Å². The highest BCUT2D eigenvalue weighted by Gasteiger charge is 2.27. The number of ether oxygens (including phenoxy) is 1. The average molecular weight is 312 g/mol. The van der Waals surface area contributed by atoms with Gasteiger partial charge in [-0.1, -0.05) is 24.3 Å². The van der Waals surface area contributed by atoms with E-state index in [0.29, 0.717) is 5.92 Å². The molecule has 1 aliphatic heterocycles. The number of pyridine rings is 1. The van der Waals surface area contributed by atoms with Gasteiger partial charge >= 0.3 is 6.09 Å². The molecule has 4 nitrogen and oxygen atoms in total. The molecule has 1 aliphatic rings. The summed E-state index contributed by atoms with van der Waals surface area (Å²) in [4.78, 5) is 18.6. The summed E-state index contributed by atoms with van der Waals surface area (Å²) in [7, 11) is 0. The minimum atomic E-state index is -0.437. The van der Waals surface area contributed by atoms with E-state index < -0.39 is 5.60 Å². The van der Waals surface area contributed by atoms with E-state index in [2.05, 4.69) is 29.2 Å². The van der Waals surface area contributed by atoms with Crippen LogP contribution in [0.5, 0.6) is 0 Å². The largest absolute Gasteiger partial charge is 0.444 e. The van der Waals surface area contributed by atoms with E-state index >= 15 is 0 Å². The minimum absolute atomic E-state index is 0.206. The van der Waals surface area contributed by atoms with E-state index in [1.54, 1.807) is 0 Å². The van der Waals surface area contributed by atoms with Crippen LogP contribution >= 0.6 is 0 Å². The monoisotopic (exact) mass is 312 g/mol. The molecule has 0 unspecified atom stereocenters. The third-order valence-electron chi connectivity index (χ3n) is 4.22. The summed E-state index contributed by atoms with van der Waals surface area (Å²) in [6.07, 6.45) is 3.61. The summed E-state index contributed by atoms with van der Waals surface area (Å²) in [6, 6.07) is 10.5. The Morgan fingerprint density at radius 1 is 1.17 bits per heavy atom. The highest BCUT2D eigenvalue weighted by Crippen LogP contribution is 2.29. The Bertz CT molecular complexity index is 698. The molecule has 0 atom stereocenters. The number of hydrogen-bond acceptors (Lipinski definition) is 3. The summed E-state index contributed by atoms with van der Waals surface area (Å²) in [5, 5.41) is 2.40. The zero-order chi connectivity index (χ0) is 16.4. The highest BCUT2D eigenvalue weighted by atomic mass is 16.6. The molecule has 2 heterocycles. The van der Waals surface area contributed by atoms with E-state index in [9.17, 15) is 4.79 Å². The second-order valence-corrected chi connectivity index (χ2v) is 7.20. The van der Waals surface area contributed by atoms with Crippen LogP contribution < -0.4 is 0 Å². The van der Waals surface area contributed by atoms with Crippen LogP contribution in [0.3, 0.4) is 0 Å². The molecule has 2 aromatic rings. The lowest BCUT2D eigenvalue weighted by Crippen LogP contribution is -2.41. The van der Waals surface area contributed by atoms with Crippen LogP contribution in [-0.2, 0) is 4.74 Å². The Kier molecular flexibility index (Phi) is 4.24. The quantitative estimate of drug-likeness (QED) is 0.786. The molecule has 1 fully saturated rings. The van der Waals surface area contributed by atoms with Crippen molar-refractivity contribution < 1.29 is 9.53 Å². The molecule has 0 N–H and O–H groups in total. The van der Waals surface area contributed by atoms with E-state index in [0.717, 1.165) is 31.6 Å². The van der Waals surface area contributed by atoms with E-state index in [1.807, 2.05) is 37.9 Å². The summed E-state index contributed by atoms with van der Waals surface area (Å²) >= 11 is 0. The number of aromatic nitrogens is 1. The van der Waals surface area contributed by atoms with Gasteiger partial charge in [0.25, 0.3) is 0 Å². The van der Waals surface area contributed by atoms with Crippen molar-refractivity contribution in [1.82, 2.24) is 9.88 Å². The van der Waals surface area contributed by atoms with Crippen molar-refractivity contribution in [2.45, 2.75) is 45.1 Å². The molecule has 0 spiro atoms.